The van der Waals surface area contributed by atoms with E-state index in [0.717, 1.165) is 36.5 Å². The number of piperidine rings is 2. The molecule has 2 aliphatic heterocycles. The number of hydrogen-bond donors (Lipinski definition) is 0. The number of ketones is 1. The van der Waals surface area contributed by atoms with E-state index in [2.05, 4.69) is 4.90 Å². The maximum atomic E-state index is 13.5. The molecule has 0 bridgehead atoms. The van der Waals surface area contributed by atoms with Gasteiger partial charge in [-0.25, -0.2) is 0 Å². The Labute approximate surface area is 225 Å². The maximum absolute atomic E-state index is 13.5. The summed E-state index contributed by atoms with van der Waals surface area (Å²) in [6.07, 6.45) is 7.64. The summed E-state index contributed by atoms with van der Waals surface area (Å²) in [6, 6.07) is 26.9. The van der Waals surface area contributed by atoms with E-state index in [9.17, 15) is 9.59 Å². The largest absolute Gasteiger partial charge is 0.492 e. The van der Waals surface area contributed by atoms with Crippen molar-refractivity contribution in [2.24, 2.45) is 0 Å². The summed E-state index contributed by atoms with van der Waals surface area (Å²) in [4.78, 5) is 31.1. The van der Waals surface area contributed by atoms with Crippen LogP contribution in [0.15, 0.2) is 96.1 Å². The predicted octanol–water partition coefficient (Wildman–Crippen LogP) is 5.74. The summed E-state index contributed by atoms with van der Waals surface area (Å²) in [5, 5.41) is 0. The van der Waals surface area contributed by atoms with Gasteiger partial charge in [-0.15, -0.1) is 0 Å². The second-order valence-electron chi connectivity index (χ2n) is 9.93. The number of carbonyl (C=O) groups is 2. The first kappa shape index (κ1) is 25.7. The predicted molar refractivity (Wildman–Crippen MR) is 152 cm³/mol. The Hall–Kier alpha value is -3.96. The van der Waals surface area contributed by atoms with Gasteiger partial charge in [-0.3, -0.25) is 14.5 Å². The van der Waals surface area contributed by atoms with Crippen molar-refractivity contribution in [1.82, 2.24) is 9.80 Å². The van der Waals surface area contributed by atoms with E-state index in [0.29, 0.717) is 23.3 Å². The second kappa shape index (κ2) is 12.5. The van der Waals surface area contributed by atoms with Gasteiger partial charge in [0.1, 0.15) is 12.4 Å². The lowest BCUT2D eigenvalue weighted by atomic mass is 9.93. The molecule has 38 heavy (non-hydrogen) atoms. The molecule has 1 amide bonds. The van der Waals surface area contributed by atoms with E-state index in [1.54, 1.807) is 4.90 Å². The minimum Gasteiger partial charge on any atom is -0.492 e. The molecular weight excluding hydrogens is 472 g/mol. The van der Waals surface area contributed by atoms with Gasteiger partial charge in [0.2, 0.25) is 0 Å². The zero-order chi connectivity index (χ0) is 26.2. The number of Topliss-reactive ketones (excluding diaryl/α,β-unsaturated/α-hetero) is 1. The average molecular weight is 507 g/mol. The smallest absolute Gasteiger partial charge is 0.254 e. The molecule has 0 aromatic heterocycles. The number of amides is 1. The highest BCUT2D eigenvalue weighted by molar-refractivity contribution is 6.15. The molecular formula is C33H34N2O3. The van der Waals surface area contributed by atoms with Crippen LogP contribution >= 0.6 is 0 Å². The van der Waals surface area contributed by atoms with Crippen molar-refractivity contribution in [3.63, 3.8) is 0 Å². The third kappa shape index (κ3) is 6.67. The summed E-state index contributed by atoms with van der Waals surface area (Å²) in [7, 11) is 0. The minimum atomic E-state index is -0.102. The highest BCUT2D eigenvalue weighted by Crippen LogP contribution is 2.24. The third-order valence-corrected chi connectivity index (χ3v) is 7.10. The molecule has 0 spiro atoms. The van der Waals surface area contributed by atoms with Crippen LogP contribution in [0.1, 0.15) is 40.7 Å². The van der Waals surface area contributed by atoms with E-state index in [1.807, 2.05) is 97.1 Å². The van der Waals surface area contributed by atoms with Gasteiger partial charge in [-0.2, -0.15) is 0 Å². The van der Waals surface area contributed by atoms with Crippen LogP contribution in [0.4, 0.5) is 0 Å². The number of benzene rings is 3. The van der Waals surface area contributed by atoms with Gasteiger partial charge >= 0.3 is 0 Å². The fraction of sp³-hybridized carbons (Fsp3) is 0.273. The van der Waals surface area contributed by atoms with E-state index in [-0.39, 0.29) is 24.8 Å². The van der Waals surface area contributed by atoms with Crippen LogP contribution in [0.5, 0.6) is 5.75 Å². The van der Waals surface area contributed by atoms with Crippen molar-refractivity contribution in [2.45, 2.75) is 19.3 Å². The molecule has 2 heterocycles. The number of ether oxygens (including phenoxy) is 1. The van der Waals surface area contributed by atoms with Crippen molar-refractivity contribution in [3.05, 3.63) is 113 Å². The van der Waals surface area contributed by atoms with Crippen LogP contribution in [0, 0.1) is 0 Å². The van der Waals surface area contributed by atoms with E-state index >= 15 is 0 Å². The van der Waals surface area contributed by atoms with Crippen molar-refractivity contribution in [3.8, 4) is 5.75 Å². The topological polar surface area (TPSA) is 49.9 Å². The van der Waals surface area contributed by atoms with Crippen LogP contribution in [0.25, 0.3) is 12.2 Å². The van der Waals surface area contributed by atoms with Crippen molar-refractivity contribution >= 4 is 23.8 Å². The molecule has 0 atom stereocenters. The molecule has 2 fully saturated rings. The average Bonchev–Trinajstić information content (AvgIpc) is 2.97. The lowest BCUT2D eigenvalue weighted by molar-refractivity contribution is -0.113. The highest BCUT2D eigenvalue weighted by atomic mass is 16.5. The fourth-order valence-electron chi connectivity index (χ4n) is 5.04. The Kier molecular flexibility index (Phi) is 8.46. The quantitative estimate of drug-likeness (QED) is 0.383. The number of rotatable bonds is 7. The van der Waals surface area contributed by atoms with Gasteiger partial charge in [-0.05, 0) is 73.5 Å². The van der Waals surface area contributed by atoms with Gasteiger partial charge in [0, 0.05) is 23.3 Å². The fourth-order valence-corrected chi connectivity index (χ4v) is 5.04. The Bertz CT molecular complexity index is 1230. The molecule has 5 nitrogen and oxygen atoms in total. The molecule has 5 heteroatoms. The van der Waals surface area contributed by atoms with E-state index < -0.39 is 0 Å². The summed E-state index contributed by atoms with van der Waals surface area (Å²) < 4.78 is 5.94. The number of carbonyl (C=O) groups excluding carboxylic acids is 2. The first-order chi connectivity index (χ1) is 18.7. The molecule has 3 aromatic carbocycles. The van der Waals surface area contributed by atoms with Crippen LogP contribution in [0.3, 0.4) is 0 Å². The van der Waals surface area contributed by atoms with Gasteiger partial charge in [0.15, 0.2) is 5.78 Å². The molecule has 194 valence electrons. The van der Waals surface area contributed by atoms with Crippen molar-refractivity contribution in [1.29, 1.82) is 0 Å². The monoisotopic (exact) mass is 506 g/mol. The molecule has 5 rings (SSSR count). The lowest BCUT2D eigenvalue weighted by Gasteiger charge is -2.30. The van der Waals surface area contributed by atoms with E-state index in [1.165, 1.54) is 19.3 Å². The number of nitrogens with zero attached hydrogens (tertiary/aromatic N) is 2. The zero-order valence-corrected chi connectivity index (χ0v) is 21.7. The van der Waals surface area contributed by atoms with Crippen LogP contribution < -0.4 is 4.74 Å². The summed E-state index contributed by atoms with van der Waals surface area (Å²) in [6.45, 7) is 4.41. The van der Waals surface area contributed by atoms with E-state index in [4.69, 9.17) is 4.74 Å². The highest BCUT2D eigenvalue weighted by Gasteiger charge is 2.29. The maximum Gasteiger partial charge on any atom is 0.254 e. The molecule has 3 aromatic rings. The molecule has 0 saturated carbocycles. The standard InChI is InChI=1S/C33H34N2O3/c36-32-29(22-26-10-4-1-5-11-26)24-35(25-30(32)23-27-12-6-2-7-13-27)33(37)28-14-16-31(17-15-28)38-21-20-34-18-8-3-9-19-34/h1-2,4-7,10-17,22-23H,3,8-9,18-21,24-25H2. The molecule has 0 N–H and O–H groups in total. The number of likely N-dealkylation sites (tertiary alicyclic amines) is 2. The Morgan fingerprint density at radius 2 is 1.29 bits per heavy atom. The normalized spacial score (nSPS) is 18.6. The molecule has 0 radical (unpaired) electrons. The lowest BCUT2D eigenvalue weighted by Crippen LogP contribution is -2.41. The van der Waals surface area contributed by atoms with Crippen LogP contribution in [0.2, 0.25) is 0 Å². The van der Waals surface area contributed by atoms with Crippen molar-refractivity contribution in [2.75, 3.05) is 39.3 Å². The molecule has 0 aliphatic carbocycles. The zero-order valence-electron chi connectivity index (χ0n) is 21.7. The van der Waals surface area contributed by atoms with Gasteiger partial charge in [-0.1, -0.05) is 67.1 Å². The van der Waals surface area contributed by atoms with Crippen LogP contribution in [-0.2, 0) is 4.79 Å². The van der Waals surface area contributed by atoms with Gasteiger partial charge < -0.3 is 9.64 Å². The van der Waals surface area contributed by atoms with Gasteiger partial charge in [0.25, 0.3) is 5.91 Å². The molecule has 2 saturated heterocycles. The summed E-state index contributed by atoms with van der Waals surface area (Å²) in [5.41, 5.74) is 3.68. The first-order valence-corrected chi connectivity index (χ1v) is 13.5. The third-order valence-electron chi connectivity index (χ3n) is 7.10. The Morgan fingerprint density at radius 3 is 1.84 bits per heavy atom. The summed E-state index contributed by atoms with van der Waals surface area (Å²) >= 11 is 0. The number of hydrogen-bond acceptors (Lipinski definition) is 4. The van der Waals surface area contributed by atoms with Gasteiger partial charge in [0.05, 0.1) is 13.1 Å². The summed E-state index contributed by atoms with van der Waals surface area (Å²) in [5.74, 6) is 0.649. The SMILES string of the molecule is O=C1C(=Cc2ccccc2)CN(C(=O)c2ccc(OCCN3CCCCC3)cc2)CC1=Cc1ccccc1. The Balaban J connectivity index is 1.31. The molecule has 0 unspecified atom stereocenters. The van der Waals surface area contributed by atoms with Crippen LogP contribution in [-0.4, -0.2) is 60.8 Å². The molecule has 2 aliphatic rings. The minimum absolute atomic E-state index is 0.0146. The second-order valence-corrected chi connectivity index (χ2v) is 9.93. The Morgan fingerprint density at radius 1 is 0.737 bits per heavy atom. The van der Waals surface area contributed by atoms with Crippen molar-refractivity contribution < 1.29 is 14.3 Å². The first-order valence-electron chi connectivity index (χ1n) is 13.5.